The molecule has 0 radical (unpaired) electrons. The number of pyridine rings is 2. The lowest BCUT2D eigenvalue weighted by Crippen LogP contribution is -2.34. The van der Waals surface area contributed by atoms with Crippen molar-refractivity contribution in [2.75, 3.05) is 0 Å². The number of aromatic nitrogens is 2. The molecule has 0 aliphatic heterocycles. The van der Waals surface area contributed by atoms with Crippen LogP contribution < -0.4 is 0 Å². The summed E-state index contributed by atoms with van der Waals surface area (Å²) in [6.45, 7) is 2.41. The Labute approximate surface area is 215 Å². The second kappa shape index (κ2) is 9.65. The molecular weight excluding hydrogens is 552 g/mol. The Hall–Kier alpha value is -2.08. The largest absolute Gasteiger partial charge is 0.244 e. The molecule has 0 saturated heterocycles. The summed E-state index contributed by atoms with van der Waals surface area (Å²) in [4.78, 5) is 10.1. The summed E-state index contributed by atoms with van der Waals surface area (Å²) in [5, 5.41) is 0. The van der Waals surface area contributed by atoms with E-state index in [1.54, 1.807) is 0 Å². The summed E-state index contributed by atoms with van der Waals surface area (Å²) in [6.07, 6.45) is 2.29. The van der Waals surface area contributed by atoms with E-state index in [9.17, 15) is 0 Å². The summed E-state index contributed by atoms with van der Waals surface area (Å²) in [7, 11) is 0.00473. The topological polar surface area (TPSA) is 25.8 Å². The summed E-state index contributed by atoms with van der Waals surface area (Å²) in [6, 6.07) is 31.8. The van der Waals surface area contributed by atoms with Gasteiger partial charge in [-0.1, -0.05) is 73.3 Å². The maximum Gasteiger partial charge on any atom is 0.106 e. The van der Waals surface area contributed by atoms with Gasteiger partial charge in [0.1, 0.15) is 14.6 Å². The second-order valence-electron chi connectivity index (χ2n) is 8.73. The molecular formula is C28H26Br2N2Si. The van der Waals surface area contributed by atoms with Crippen LogP contribution in [0.15, 0.2) is 94.1 Å². The SMILES string of the molecule is C[SiH2]CCC1Cc2ccccc2C(c2cccc(Br)n2)(c2cccc(Br)n2)c2ccccc21. The van der Waals surface area contributed by atoms with Crippen LogP contribution in [0.25, 0.3) is 0 Å². The van der Waals surface area contributed by atoms with E-state index < -0.39 is 5.41 Å². The summed E-state index contributed by atoms with van der Waals surface area (Å²) < 4.78 is 1.67. The number of benzene rings is 2. The Morgan fingerprint density at radius 2 is 1.39 bits per heavy atom. The van der Waals surface area contributed by atoms with Crippen LogP contribution in [0.3, 0.4) is 0 Å². The predicted molar refractivity (Wildman–Crippen MR) is 146 cm³/mol. The highest BCUT2D eigenvalue weighted by Crippen LogP contribution is 2.51. The highest BCUT2D eigenvalue weighted by molar-refractivity contribution is 9.10. The van der Waals surface area contributed by atoms with Crippen molar-refractivity contribution in [1.29, 1.82) is 0 Å². The van der Waals surface area contributed by atoms with Gasteiger partial charge in [0.2, 0.25) is 0 Å². The van der Waals surface area contributed by atoms with Crippen molar-refractivity contribution in [2.24, 2.45) is 0 Å². The maximum atomic E-state index is 5.07. The van der Waals surface area contributed by atoms with Gasteiger partial charge in [0.05, 0.1) is 11.4 Å². The monoisotopic (exact) mass is 576 g/mol. The Kier molecular flexibility index (Phi) is 6.64. The maximum absolute atomic E-state index is 5.07. The van der Waals surface area contributed by atoms with Gasteiger partial charge in [0.15, 0.2) is 0 Å². The van der Waals surface area contributed by atoms with Crippen LogP contribution in [0.2, 0.25) is 12.6 Å². The number of rotatable bonds is 5. The molecule has 2 aromatic heterocycles. The minimum absolute atomic E-state index is 0.00473. The average Bonchev–Trinajstić information content (AvgIpc) is 2.96. The molecule has 166 valence electrons. The molecule has 1 atom stereocenters. The van der Waals surface area contributed by atoms with E-state index in [2.05, 4.69) is 111 Å². The zero-order valence-corrected chi connectivity index (χ0v) is 23.2. The molecule has 2 heterocycles. The van der Waals surface area contributed by atoms with Crippen LogP contribution in [0.1, 0.15) is 46.0 Å². The molecule has 5 heteroatoms. The van der Waals surface area contributed by atoms with Crippen molar-refractivity contribution in [3.8, 4) is 0 Å². The summed E-state index contributed by atoms with van der Waals surface area (Å²) >= 11 is 7.30. The van der Waals surface area contributed by atoms with Crippen LogP contribution in [0.5, 0.6) is 0 Å². The molecule has 4 aromatic rings. The third-order valence-corrected chi connectivity index (χ3v) is 8.80. The van der Waals surface area contributed by atoms with Gasteiger partial charge in [0.25, 0.3) is 0 Å². The highest BCUT2D eigenvalue weighted by atomic mass is 79.9. The molecule has 2 aromatic carbocycles. The Balaban J connectivity index is 1.94. The molecule has 1 aliphatic carbocycles. The van der Waals surface area contributed by atoms with E-state index in [0.717, 1.165) is 27.0 Å². The van der Waals surface area contributed by atoms with Crippen molar-refractivity contribution in [2.45, 2.75) is 36.8 Å². The number of hydrogen-bond acceptors (Lipinski definition) is 2. The number of hydrogen-bond donors (Lipinski definition) is 0. The van der Waals surface area contributed by atoms with Crippen molar-refractivity contribution >= 4 is 41.4 Å². The van der Waals surface area contributed by atoms with Crippen LogP contribution in [-0.2, 0) is 11.8 Å². The molecule has 0 saturated carbocycles. The minimum atomic E-state index is -0.598. The third kappa shape index (κ3) is 4.05. The highest BCUT2D eigenvalue weighted by Gasteiger charge is 2.46. The first-order valence-corrected chi connectivity index (χ1v) is 15.6. The van der Waals surface area contributed by atoms with E-state index in [-0.39, 0.29) is 9.52 Å². The summed E-state index contributed by atoms with van der Waals surface area (Å²) in [5.41, 5.74) is 6.79. The Morgan fingerprint density at radius 1 is 0.788 bits per heavy atom. The van der Waals surface area contributed by atoms with E-state index >= 15 is 0 Å². The fourth-order valence-electron chi connectivity index (χ4n) is 5.40. The van der Waals surface area contributed by atoms with Crippen LogP contribution in [0.4, 0.5) is 0 Å². The smallest absolute Gasteiger partial charge is 0.106 e. The molecule has 5 rings (SSSR count). The Morgan fingerprint density at radius 3 is 2.03 bits per heavy atom. The van der Waals surface area contributed by atoms with E-state index in [1.165, 1.54) is 34.7 Å². The van der Waals surface area contributed by atoms with Crippen molar-refractivity contribution < 1.29 is 0 Å². The molecule has 0 N–H and O–H groups in total. The second-order valence-corrected chi connectivity index (χ2v) is 12.1. The average molecular weight is 578 g/mol. The fraction of sp³-hybridized carbons (Fsp3) is 0.214. The lowest BCUT2D eigenvalue weighted by molar-refractivity contribution is 0.651. The summed E-state index contributed by atoms with van der Waals surface area (Å²) in [5.74, 6) is 0.496. The standard InChI is InChI=1S/C28H26Br2N2Si/c1-33-17-16-19-18-20-8-2-4-10-22(20)28(23-11-5-3-9-21(19)23,24-12-6-14-26(29)31-24)25-13-7-15-27(30)32-25/h2-15,19H,16-18,33H2,1H3. The molecule has 0 bridgehead atoms. The molecule has 0 spiro atoms. The van der Waals surface area contributed by atoms with Crippen LogP contribution in [0, 0.1) is 0 Å². The van der Waals surface area contributed by atoms with Gasteiger partial charge >= 0.3 is 0 Å². The lowest BCUT2D eigenvalue weighted by atomic mass is 9.67. The molecule has 33 heavy (non-hydrogen) atoms. The zero-order chi connectivity index (χ0) is 22.8. The van der Waals surface area contributed by atoms with E-state index in [4.69, 9.17) is 9.97 Å². The first-order valence-electron chi connectivity index (χ1n) is 11.6. The molecule has 1 aliphatic rings. The predicted octanol–water partition coefficient (Wildman–Crippen LogP) is 7.05. The van der Waals surface area contributed by atoms with Crippen molar-refractivity contribution in [1.82, 2.24) is 9.97 Å². The fourth-order valence-corrected chi connectivity index (χ4v) is 6.99. The zero-order valence-electron chi connectivity index (χ0n) is 18.6. The van der Waals surface area contributed by atoms with Crippen molar-refractivity contribution in [3.05, 3.63) is 128 Å². The van der Waals surface area contributed by atoms with Gasteiger partial charge in [-0.15, -0.1) is 0 Å². The number of halogens is 2. The van der Waals surface area contributed by atoms with E-state index in [1.807, 2.05) is 12.1 Å². The van der Waals surface area contributed by atoms with Gasteiger partial charge in [-0.25, -0.2) is 9.97 Å². The Bertz CT molecular complexity index is 1240. The van der Waals surface area contributed by atoms with Gasteiger partial charge in [0, 0.05) is 9.52 Å². The minimum Gasteiger partial charge on any atom is -0.244 e. The van der Waals surface area contributed by atoms with Crippen molar-refractivity contribution in [3.63, 3.8) is 0 Å². The first kappa shape index (κ1) is 22.7. The molecule has 0 amide bonds. The van der Waals surface area contributed by atoms with Gasteiger partial charge < -0.3 is 0 Å². The normalized spacial score (nSPS) is 16.9. The molecule has 0 fully saturated rings. The molecule has 1 unspecified atom stereocenters. The van der Waals surface area contributed by atoms with Crippen LogP contribution in [-0.4, -0.2) is 19.5 Å². The van der Waals surface area contributed by atoms with Gasteiger partial charge in [-0.05, 0) is 97.1 Å². The number of nitrogens with zero attached hydrogens (tertiary/aromatic N) is 2. The lowest BCUT2D eigenvalue weighted by Gasteiger charge is -2.36. The molecule has 2 nitrogen and oxygen atoms in total. The van der Waals surface area contributed by atoms with Crippen LogP contribution >= 0.6 is 31.9 Å². The van der Waals surface area contributed by atoms with Gasteiger partial charge in [-0.3, -0.25) is 0 Å². The van der Waals surface area contributed by atoms with Gasteiger partial charge in [-0.2, -0.15) is 0 Å². The number of fused-ring (bicyclic) bond motifs is 2. The quantitative estimate of drug-likeness (QED) is 0.188. The first-order chi connectivity index (χ1) is 16.1. The third-order valence-electron chi connectivity index (χ3n) is 6.80. The van der Waals surface area contributed by atoms with E-state index in [0.29, 0.717) is 5.92 Å².